The second-order valence-corrected chi connectivity index (χ2v) is 4.93. The van der Waals surface area contributed by atoms with E-state index in [1.165, 1.54) is 19.1 Å². The van der Waals surface area contributed by atoms with Gasteiger partial charge in [0, 0.05) is 5.56 Å². The van der Waals surface area contributed by atoms with Gasteiger partial charge in [-0.1, -0.05) is 0 Å². The lowest BCUT2D eigenvalue weighted by molar-refractivity contribution is 0.101. The number of amides is 2. The molecule has 0 aromatic heterocycles. The van der Waals surface area contributed by atoms with Crippen molar-refractivity contribution in [3.63, 3.8) is 0 Å². The molecule has 0 spiro atoms. The molecular weight excluding hydrogens is 246 g/mol. The van der Waals surface area contributed by atoms with Crippen molar-refractivity contribution in [2.45, 2.75) is 11.8 Å². The predicted molar refractivity (Wildman–Crippen MR) is 60.8 cm³/mol. The SMILES string of the molecule is CC(=O)c1ccc(S(=O)(=O)NC(N)=O)c(N)c1. The molecule has 0 bridgehead atoms. The van der Waals surface area contributed by atoms with Crippen LogP contribution < -0.4 is 16.2 Å². The number of sulfonamides is 1. The van der Waals surface area contributed by atoms with Gasteiger partial charge in [-0.15, -0.1) is 0 Å². The average Bonchev–Trinajstić information content (AvgIpc) is 2.14. The van der Waals surface area contributed by atoms with E-state index in [9.17, 15) is 18.0 Å². The number of rotatable bonds is 3. The Labute approximate surface area is 97.8 Å². The minimum atomic E-state index is -4.09. The number of carbonyl (C=O) groups excluding carboxylic acids is 2. The number of carbonyl (C=O) groups is 2. The molecule has 0 radical (unpaired) electrons. The molecule has 0 aliphatic carbocycles. The molecule has 0 heterocycles. The first kappa shape index (κ1) is 13.0. The van der Waals surface area contributed by atoms with E-state index < -0.39 is 16.1 Å². The summed E-state index contributed by atoms with van der Waals surface area (Å²) in [4.78, 5) is 21.2. The number of hydrogen-bond acceptors (Lipinski definition) is 5. The van der Waals surface area contributed by atoms with Gasteiger partial charge in [-0.2, -0.15) is 0 Å². The number of Topliss-reactive ketones (excluding diaryl/α,β-unsaturated/α-hetero) is 1. The molecule has 5 N–H and O–H groups in total. The van der Waals surface area contributed by atoms with Gasteiger partial charge in [0.1, 0.15) is 4.90 Å². The van der Waals surface area contributed by atoms with E-state index in [-0.39, 0.29) is 21.9 Å². The number of nitrogen functional groups attached to an aromatic ring is 1. The monoisotopic (exact) mass is 257 g/mol. The van der Waals surface area contributed by atoms with Crippen LogP contribution in [-0.2, 0) is 10.0 Å². The van der Waals surface area contributed by atoms with Gasteiger partial charge in [0.15, 0.2) is 5.78 Å². The fraction of sp³-hybridized carbons (Fsp3) is 0.111. The van der Waals surface area contributed by atoms with E-state index in [1.54, 1.807) is 4.72 Å². The Kier molecular flexibility index (Phi) is 3.37. The van der Waals surface area contributed by atoms with Crippen molar-refractivity contribution >= 4 is 27.5 Å². The first-order valence-electron chi connectivity index (χ1n) is 4.47. The second kappa shape index (κ2) is 4.42. The fourth-order valence-corrected chi connectivity index (χ4v) is 2.19. The molecule has 2 amide bonds. The lowest BCUT2D eigenvalue weighted by atomic mass is 10.1. The van der Waals surface area contributed by atoms with Gasteiger partial charge in [0.2, 0.25) is 0 Å². The van der Waals surface area contributed by atoms with Gasteiger partial charge in [0.05, 0.1) is 5.69 Å². The van der Waals surface area contributed by atoms with Gasteiger partial charge in [-0.3, -0.25) is 4.79 Å². The molecule has 0 aliphatic heterocycles. The van der Waals surface area contributed by atoms with E-state index in [2.05, 4.69) is 0 Å². The summed E-state index contributed by atoms with van der Waals surface area (Å²) in [5.41, 5.74) is 10.4. The Bertz CT molecular complexity index is 580. The second-order valence-electron chi connectivity index (χ2n) is 3.28. The molecule has 1 aromatic carbocycles. The summed E-state index contributed by atoms with van der Waals surface area (Å²) in [6.45, 7) is 1.32. The van der Waals surface area contributed by atoms with Crippen molar-refractivity contribution in [1.29, 1.82) is 0 Å². The molecule has 0 saturated heterocycles. The number of hydrogen-bond donors (Lipinski definition) is 3. The maximum Gasteiger partial charge on any atom is 0.326 e. The van der Waals surface area contributed by atoms with Crippen molar-refractivity contribution in [1.82, 2.24) is 4.72 Å². The number of benzene rings is 1. The summed E-state index contributed by atoms with van der Waals surface area (Å²) < 4.78 is 24.7. The maximum absolute atomic E-state index is 11.6. The van der Waals surface area contributed by atoms with Gasteiger partial charge in [-0.05, 0) is 25.1 Å². The van der Waals surface area contributed by atoms with Crippen molar-refractivity contribution in [2.24, 2.45) is 5.73 Å². The number of primary amides is 1. The zero-order valence-electron chi connectivity index (χ0n) is 8.93. The van der Waals surface area contributed by atoms with Crippen LogP contribution in [0.2, 0.25) is 0 Å². The quantitative estimate of drug-likeness (QED) is 0.510. The average molecular weight is 257 g/mol. The highest BCUT2D eigenvalue weighted by Crippen LogP contribution is 2.19. The van der Waals surface area contributed by atoms with Crippen LogP contribution in [-0.4, -0.2) is 20.2 Å². The van der Waals surface area contributed by atoms with Crippen LogP contribution in [0.5, 0.6) is 0 Å². The number of nitrogens with two attached hydrogens (primary N) is 2. The molecule has 17 heavy (non-hydrogen) atoms. The van der Waals surface area contributed by atoms with Crippen molar-refractivity contribution in [3.8, 4) is 0 Å². The highest BCUT2D eigenvalue weighted by molar-refractivity contribution is 7.90. The Balaban J connectivity index is 3.25. The van der Waals surface area contributed by atoms with Gasteiger partial charge < -0.3 is 11.5 Å². The third-order valence-electron chi connectivity index (χ3n) is 1.94. The van der Waals surface area contributed by atoms with E-state index in [1.807, 2.05) is 0 Å². The van der Waals surface area contributed by atoms with E-state index >= 15 is 0 Å². The Morgan fingerprint density at radius 2 is 1.88 bits per heavy atom. The number of anilines is 1. The Hall–Kier alpha value is -2.09. The molecule has 0 aliphatic rings. The highest BCUT2D eigenvalue weighted by Gasteiger charge is 2.19. The molecule has 1 aromatic rings. The zero-order chi connectivity index (χ0) is 13.2. The molecule has 8 heteroatoms. The van der Waals surface area contributed by atoms with Crippen molar-refractivity contribution in [3.05, 3.63) is 23.8 Å². The minimum absolute atomic E-state index is 0.133. The number of nitrogens with one attached hydrogen (secondary N) is 1. The van der Waals surface area contributed by atoms with Crippen LogP contribution in [0.3, 0.4) is 0 Å². The molecule has 0 fully saturated rings. The summed E-state index contributed by atoms with van der Waals surface area (Å²) in [6, 6.07) is 2.45. The summed E-state index contributed by atoms with van der Waals surface area (Å²) in [7, 11) is -4.09. The molecule has 0 atom stereocenters. The van der Waals surface area contributed by atoms with Crippen LogP contribution in [0.15, 0.2) is 23.1 Å². The zero-order valence-corrected chi connectivity index (χ0v) is 9.74. The largest absolute Gasteiger partial charge is 0.398 e. The third-order valence-corrected chi connectivity index (χ3v) is 3.36. The van der Waals surface area contributed by atoms with Crippen molar-refractivity contribution < 1.29 is 18.0 Å². The van der Waals surface area contributed by atoms with E-state index in [0.717, 1.165) is 6.07 Å². The standard InChI is InChI=1S/C9H11N3O4S/c1-5(13)6-2-3-8(7(10)4-6)17(15,16)12-9(11)14/h2-4H,10H2,1H3,(H3,11,12,14). The summed E-state index contributed by atoms with van der Waals surface area (Å²) in [6.07, 6.45) is 0. The highest BCUT2D eigenvalue weighted by atomic mass is 32.2. The van der Waals surface area contributed by atoms with Crippen molar-refractivity contribution in [2.75, 3.05) is 5.73 Å². The lowest BCUT2D eigenvalue weighted by Gasteiger charge is -2.08. The summed E-state index contributed by atoms with van der Waals surface area (Å²) in [5.74, 6) is -0.247. The van der Waals surface area contributed by atoms with E-state index in [4.69, 9.17) is 11.5 Å². The molecule has 0 unspecified atom stereocenters. The first-order valence-corrected chi connectivity index (χ1v) is 5.95. The van der Waals surface area contributed by atoms with Crippen LogP contribution in [0.4, 0.5) is 10.5 Å². The van der Waals surface area contributed by atoms with Gasteiger partial charge in [0.25, 0.3) is 10.0 Å². The normalized spacial score (nSPS) is 10.9. The van der Waals surface area contributed by atoms with Gasteiger partial charge in [-0.25, -0.2) is 17.9 Å². The molecule has 92 valence electrons. The third kappa shape index (κ3) is 2.94. The van der Waals surface area contributed by atoms with Gasteiger partial charge >= 0.3 is 6.03 Å². The lowest BCUT2D eigenvalue weighted by Crippen LogP contribution is -2.35. The molecule has 0 saturated carbocycles. The van der Waals surface area contributed by atoms with Crippen LogP contribution >= 0.6 is 0 Å². The molecule has 7 nitrogen and oxygen atoms in total. The van der Waals surface area contributed by atoms with Crippen LogP contribution in [0.25, 0.3) is 0 Å². The predicted octanol–water partition coefficient (Wildman–Crippen LogP) is -0.172. The van der Waals surface area contributed by atoms with Crippen LogP contribution in [0.1, 0.15) is 17.3 Å². The molecule has 1 rings (SSSR count). The topological polar surface area (TPSA) is 132 Å². The first-order chi connectivity index (χ1) is 7.74. The number of urea groups is 1. The maximum atomic E-state index is 11.6. The Morgan fingerprint density at radius 1 is 1.29 bits per heavy atom. The molecular formula is C9H11N3O4S. The minimum Gasteiger partial charge on any atom is -0.398 e. The van der Waals surface area contributed by atoms with Crippen LogP contribution in [0, 0.1) is 0 Å². The number of ketones is 1. The van der Waals surface area contributed by atoms with E-state index in [0.29, 0.717) is 0 Å². The smallest absolute Gasteiger partial charge is 0.326 e. The Morgan fingerprint density at radius 3 is 2.29 bits per heavy atom. The summed E-state index contributed by atoms with van der Waals surface area (Å²) >= 11 is 0. The fourth-order valence-electron chi connectivity index (χ4n) is 1.20. The summed E-state index contributed by atoms with van der Waals surface area (Å²) in [5, 5.41) is 0.